The molecule has 0 aromatic rings. The highest BCUT2D eigenvalue weighted by molar-refractivity contribution is 4.77. The molecule has 0 rings (SSSR count). The fraction of sp³-hybridized carbons (Fsp3) is 1.00. The summed E-state index contributed by atoms with van der Waals surface area (Å²) in [7, 11) is 0. The number of hydrogen-bond donors (Lipinski definition) is 3. The van der Waals surface area contributed by atoms with E-state index in [2.05, 4.69) is 33.0 Å². The molecular formula is C12H28N2O. The molecule has 0 aliphatic rings. The van der Waals surface area contributed by atoms with Crippen molar-refractivity contribution in [1.82, 2.24) is 5.32 Å². The molecule has 0 aliphatic carbocycles. The lowest BCUT2D eigenvalue weighted by Gasteiger charge is -2.26. The van der Waals surface area contributed by atoms with Crippen LogP contribution in [0.4, 0.5) is 0 Å². The summed E-state index contributed by atoms with van der Waals surface area (Å²) < 4.78 is 0. The summed E-state index contributed by atoms with van der Waals surface area (Å²) >= 11 is 0. The highest BCUT2D eigenvalue weighted by Crippen LogP contribution is 2.08. The molecule has 4 N–H and O–H groups in total. The SMILES string of the molecule is CC[C@H](C)[C@H](N)CN[C@H](CO)[C@@H](C)CC. The molecule has 0 bridgehead atoms. The Morgan fingerprint density at radius 1 is 1.13 bits per heavy atom. The molecule has 0 aromatic heterocycles. The van der Waals surface area contributed by atoms with Crippen LogP contribution in [0.1, 0.15) is 40.5 Å². The summed E-state index contributed by atoms with van der Waals surface area (Å²) in [6, 6.07) is 0.373. The Bertz CT molecular complexity index is 153. The van der Waals surface area contributed by atoms with Crippen molar-refractivity contribution in [1.29, 1.82) is 0 Å². The molecule has 0 aromatic carbocycles. The first-order valence-corrected chi connectivity index (χ1v) is 6.16. The van der Waals surface area contributed by atoms with Crippen LogP contribution < -0.4 is 11.1 Å². The van der Waals surface area contributed by atoms with Crippen LogP contribution in [0.5, 0.6) is 0 Å². The fourth-order valence-electron chi connectivity index (χ4n) is 1.52. The Kier molecular flexibility index (Phi) is 8.02. The minimum absolute atomic E-state index is 0.185. The van der Waals surface area contributed by atoms with Gasteiger partial charge >= 0.3 is 0 Å². The molecule has 0 saturated heterocycles. The van der Waals surface area contributed by atoms with E-state index < -0.39 is 0 Å². The van der Waals surface area contributed by atoms with Crippen molar-refractivity contribution in [2.75, 3.05) is 13.2 Å². The van der Waals surface area contributed by atoms with Crippen molar-refractivity contribution < 1.29 is 5.11 Å². The Morgan fingerprint density at radius 3 is 2.07 bits per heavy atom. The molecule has 15 heavy (non-hydrogen) atoms. The number of aliphatic hydroxyl groups excluding tert-OH is 1. The molecule has 92 valence electrons. The summed E-state index contributed by atoms with van der Waals surface area (Å²) in [4.78, 5) is 0. The van der Waals surface area contributed by atoms with Crippen molar-refractivity contribution in [3.8, 4) is 0 Å². The van der Waals surface area contributed by atoms with Crippen LogP contribution in [0.15, 0.2) is 0 Å². The number of aliphatic hydroxyl groups is 1. The molecule has 0 saturated carbocycles. The zero-order valence-corrected chi connectivity index (χ0v) is 10.7. The van der Waals surface area contributed by atoms with Crippen LogP contribution in [0.25, 0.3) is 0 Å². The summed E-state index contributed by atoms with van der Waals surface area (Å²) in [6.45, 7) is 9.62. The number of rotatable bonds is 8. The fourth-order valence-corrected chi connectivity index (χ4v) is 1.52. The lowest BCUT2D eigenvalue weighted by Crippen LogP contribution is -2.46. The molecule has 0 unspecified atom stereocenters. The van der Waals surface area contributed by atoms with Crippen molar-refractivity contribution in [3.63, 3.8) is 0 Å². The van der Waals surface area contributed by atoms with Crippen molar-refractivity contribution in [3.05, 3.63) is 0 Å². The zero-order valence-electron chi connectivity index (χ0n) is 10.7. The lowest BCUT2D eigenvalue weighted by molar-refractivity contribution is 0.197. The van der Waals surface area contributed by atoms with E-state index in [9.17, 15) is 5.11 Å². The third kappa shape index (κ3) is 5.50. The Labute approximate surface area is 94.4 Å². The topological polar surface area (TPSA) is 58.3 Å². The van der Waals surface area contributed by atoms with Crippen LogP contribution in [0.2, 0.25) is 0 Å². The summed E-state index contributed by atoms with van der Waals surface area (Å²) in [5.74, 6) is 1.04. The second-order valence-electron chi connectivity index (χ2n) is 4.63. The van der Waals surface area contributed by atoms with E-state index in [-0.39, 0.29) is 18.7 Å². The van der Waals surface area contributed by atoms with Gasteiger partial charge in [-0.2, -0.15) is 0 Å². The van der Waals surface area contributed by atoms with Gasteiger partial charge in [-0.05, 0) is 11.8 Å². The third-order valence-electron chi connectivity index (χ3n) is 3.52. The molecule has 4 atom stereocenters. The average Bonchev–Trinajstić information content (AvgIpc) is 2.27. The van der Waals surface area contributed by atoms with E-state index in [1.807, 2.05) is 0 Å². The second-order valence-corrected chi connectivity index (χ2v) is 4.63. The Morgan fingerprint density at radius 2 is 1.67 bits per heavy atom. The van der Waals surface area contributed by atoms with Gasteiger partial charge in [0.05, 0.1) is 6.61 Å². The van der Waals surface area contributed by atoms with Crippen LogP contribution in [-0.4, -0.2) is 30.3 Å². The van der Waals surface area contributed by atoms with E-state index in [0.29, 0.717) is 11.8 Å². The maximum atomic E-state index is 9.23. The monoisotopic (exact) mass is 216 g/mol. The predicted molar refractivity (Wildman–Crippen MR) is 65.8 cm³/mol. The largest absolute Gasteiger partial charge is 0.395 e. The standard InChI is InChI=1S/C12H28N2O/c1-5-9(3)11(13)7-14-12(8-15)10(4)6-2/h9-12,14-15H,5-8,13H2,1-4H3/t9-,10-,11+,12+/m0/s1. The van der Waals surface area contributed by atoms with Gasteiger partial charge in [-0.15, -0.1) is 0 Å². The van der Waals surface area contributed by atoms with Crippen LogP contribution in [0, 0.1) is 11.8 Å². The average molecular weight is 216 g/mol. The first-order chi connectivity index (χ1) is 7.06. The van der Waals surface area contributed by atoms with Gasteiger partial charge in [0, 0.05) is 18.6 Å². The van der Waals surface area contributed by atoms with Gasteiger partial charge in [-0.25, -0.2) is 0 Å². The van der Waals surface area contributed by atoms with E-state index >= 15 is 0 Å². The third-order valence-corrected chi connectivity index (χ3v) is 3.52. The predicted octanol–water partition coefficient (Wildman–Crippen LogP) is 1.36. The Hall–Kier alpha value is -0.120. The minimum Gasteiger partial charge on any atom is -0.395 e. The zero-order chi connectivity index (χ0) is 11.8. The van der Waals surface area contributed by atoms with Gasteiger partial charge < -0.3 is 16.2 Å². The lowest BCUT2D eigenvalue weighted by atomic mass is 9.97. The molecule has 0 spiro atoms. The van der Waals surface area contributed by atoms with E-state index in [0.717, 1.165) is 19.4 Å². The van der Waals surface area contributed by atoms with Gasteiger partial charge in [-0.1, -0.05) is 40.5 Å². The first kappa shape index (κ1) is 14.9. The highest BCUT2D eigenvalue weighted by atomic mass is 16.3. The van der Waals surface area contributed by atoms with Gasteiger partial charge in [0.25, 0.3) is 0 Å². The van der Waals surface area contributed by atoms with Crippen LogP contribution in [-0.2, 0) is 0 Å². The molecular weight excluding hydrogens is 188 g/mol. The van der Waals surface area contributed by atoms with Crippen LogP contribution >= 0.6 is 0 Å². The molecule has 3 heteroatoms. The van der Waals surface area contributed by atoms with Crippen molar-refractivity contribution in [2.24, 2.45) is 17.6 Å². The van der Waals surface area contributed by atoms with Gasteiger partial charge in [0.15, 0.2) is 0 Å². The normalized spacial score (nSPS) is 19.6. The second kappa shape index (κ2) is 8.08. The van der Waals surface area contributed by atoms with Gasteiger partial charge in [0.2, 0.25) is 0 Å². The van der Waals surface area contributed by atoms with E-state index in [4.69, 9.17) is 5.73 Å². The maximum absolute atomic E-state index is 9.23. The van der Waals surface area contributed by atoms with Gasteiger partial charge in [-0.3, -0.25) is 0 Å². The molecule has 0 amide bonds. The number of nitrogens with two attached hydrogens (primary N) is 1. The van der Waals surface area contributed by atoms with Gasteiger partial charge in [0.1, 0.15) is 0 Å². The molecule has 0 fully saturated rings. The molecule has 0 heterocycles. The van der Waals surface area contributed by atoms with Crippen molar-refractivity contribution in [2.45, 2.75) is 52.6 Å². The maximum Gasteiger partial charge on any atom is 0.0587 e. The summed E-state index contributed by atoms with van der Waals surface area (Å²) in [5.41, 5.74) is 6.03. The smallest absolute Gasteiger partial charge is 0.0587 e. The number of nitrogens with one attached hydrogen (secondary N) is 1. The number of hydrogen-bond acceptors (Lipinski definition) is 3. The molecule has 0 radical (unpaired) electrons. The van der Waals surface area contributed by atoms with Crippen molar-refractivity contribution >= 4 is 0 Å². The first-order valence-electron chi connectivity index (χ1n) is 6.16. The summed E-state index contributed by atoms with van der Waals surface area (Å²) in [5, 5.41) is 12.6. The van der Waals surface area contributed by atoms with E-state index in [1.54, 1.807) is 0 Å². The van der Waals surface area contributed by atoms with E-state index in [1.165, 1.54) is 0 Å². The molecule has 3 nitrogen and oxygen atoms in total. The quantitative estimate of drug-likeness (QED) is 0.574. The van der Waals surface area contributed by atoms with Crippen LogP contribution in [0.3, 0.4) is 0 Å². The molecule has 0 aliphatic heterocycles. The Balaban J connectivity index is 3.89. The highest BCUT2D eigenvalue weighted by Gasteiger charge is 2.17. The minimum atomic E-state index is 0.185. The summed E-state index contributed by atoms with van der Waals surface area (Å²) in [6.07, 6.45) is 2.19.